The number of aromatic amines is 1. The quantitative estimate of drug-likeness (QED) is 0.542. The maximum absolute atomic E-state index is 14.6. The van der Waals surface area contributed by atoms with Crippen LogP contribution in [0.1, 0.15) is 22.9 Å². The predicted octanol–water partition coefficient (Wildman–Crippen LogP) is 4.96. The first-order valence-corrected chi connectivity index (χ1v) is 9.26. The Morgan fingerprint density at radius 2 is 1.81 bits per heavy atom. The summed E-state index contributed by atoms with van der Waals surface area (Å²) in [7, 11) is 0. The number of aromatic nitrogens is 2. The second-order valence-corrected chi connectivity index (χ2v) is 7.12. The highest BCUT2D eigenvalue weighted by Gasteiger charge is 2.31. The van der Waals surface area contributed by atoms with E-state index in [0.717, 1.165) is 45.3 Å². The minimum atomic E-state index is -0.929. The topological polar surface area (TPSA) is 40.7 Å². The van der Waals surface area contributed by atoms with Gasteiger partial charge in [0.05, 0.1) is 17.4 Å². The summed E-state index contributed by atoms with van der Waals surface area (Å²) in [6.45, 7) is 0.666. The highest BCUT2D eigenvalue weighted by molar-refractivity contribution is 5.81. The van der Waals surface area contributed by atoms with Crippen LogP contribution >= 0.6 is 0 Å². The molecule has 0 bridgehead atoms. The van der Waals surface area contributed by atoms with Crippen LogP contribution in [0.5, 0.6) is 0 Å². The van der Waals surface area contributed by atoms with Crippen LogP contribution in [-0.4, -0.2) is 16.0 Å². The molecule has 2 atom stereocenters. The van der Waals surface area contributed by atoms with Gasteiger partial charge < -0.3 is 10.3 Å². The van der Waals surface area contributed by atoms with E-state index in [1.165, 1.54) is 0 Å². The van der Waals surface area contributed by atoms with Crippen molar-refractivity contribution >= 4 is 11.0 Å². The number of rotatable bonds is 4. The molecule has 0 saturated carbocycles. The molecule has 4 aromatic rings. The third-order valence-electron chi connectivity index (χ3n) is 5.42. The number of nitrogens with zero attached hydrogens (tertiary/aromatic N) is 1. The zero-order valence-corrected chi connectivity index (χ0v) is 14.8. The van der Waals surface area contributed by atoms with Crippen molar-refractivity contribution in [2.45, 2.75) is 25.2 Å². The first-order chi connectivity index (χ1) is 13.3. The van der Waals surface area contributed by atoms with Gasteiger partial charge >= 0.3 is 0 Å². The standard InChI is InChI=1S/C23H20FN3/c24-23-19-4-2-1-3-18(19)12-22(23)25-13-15-5-7-16(8-6-15)17-9-10-20-21(11-17)27-14-26-20/h1-11,14,22-23,25H,12-13H2,(H,26,27). The summed E-state index contributed by atoms with van der Waals surface area (Å²) in [4.78, 5) is 7.40. The van der Waals surface area contributed by atoms with Gasteiger partial charge in [-0.3, -0.25) is 0 Å². The molecule has 0 radical (unpaired) electrons. The summed E-state index contributed by atoms with van der Waals surface area (Å²) in [5, 5.41) is 3.39. The molecule has 2 N–H and O–H groups in total. The lowest BCUT2D eigenvalue weighted by atomic mass is 10.0. The van der Waals surface area contributed by atoms with E-state index in [1.54, 1.807) is 6.33 Å². The normalized spacial score (nSPS) is 18.7. The van der Waals surface area contributed by atoms with E-state index in [1.807, 2.05) is 30.3 Å². The van der Waals surface area contributed by atoms with Crippen molar-refractivity contribution in [3.05, 3.63) is 89.7 Å². The van der Waals surface area contributed by atoms with Crippen molar-refractivity contribution in [3.8, 4) is 11.1 Å². The number of imidazole rings is 1. The fraction of sp³-hybridized carbons (Fsp3) is 0.174. The van der Waals surface area contributed by atoms with Crippen molar-refractivity contribution in [3.63, 3.8) is 0 Å². The van der Waals surface area contributed by atoms with Gasteiger partial charge in [0.15, 0.2) is 0 Å². The summed E-state index contributed by atoms with van der Waals surface area (Å²) in [5.74, 6) is 0. The molecular formula is C23H20FN3. The number of alkyl halides is 1. The van der Waals surface area contributed by atoms with Crippen molar-refractivity contribution in [1.29, 1.82) is 0 Å². The van der Waals surface area contributed by atoms with Crippen LogP contribution < -0.4 is 5.32 Å². The lowest BCUT2D eigenvalue weighted by molar-refractivity contribution is 0.271. The first kappa shape index (κ1) is 16.2. The second-order valence-electron chi connectivity index (χ2n) is 7.12. The first-order valence-electron chi connectivity index (χ1n) is 9.26. The molecule has 0 amide bonds. The van der Waals surface area contributed by atoms with Gasteiger partial charge in [0.1, 0.15) is 6.17 Å². The lowest BCUT2D eigenvalue weighted by Gasteiger charge is -2.15. The van der Waals surface area contributed by atoms with Crippen LogP contribution in [0.2, 0.25) is 0 Å². The molecule has 3 aromatic carbocycles. The molecule has 134 valence electrons. The predicted molar refractivity (Wildman–Crippen MR) is 106 cm³/mol. The van der Waals surface area contributed by atoms with E-state index in [9.17, 15) is 4.39 Å². The molecule has 2 unspecified atom stereocenters. The van der Waals surface area contributed by atoms with E-state index < -0.39 is 6.17 Å². The highest BCUT2D eigenvalue weighted by Crippen LogP contribution is 2.34. The van der Waals surface area contributed by atoms with Crippen LogP contribution in [-0.2, 0) is 13.0 Å². The summed E-state index contributed by atoms with van der Waals surface area (Å²) in [5.41, 5.74) is 7.43. The Morgan fingerprint density at radius 3 is 2.67 bits per heavy atom. The van der Waals surface area contributed by atoms with Crippen LogP contribution in [0.25, 0.3) is 22.2 Å². The molecule has 27 heavy (non-hydrogen) atoms. The average molecular weight is 357 g/mol. The summed E-state index contributed by atoms with van der Waals surface area (Å²) in [6.07, 6.45) is 1.53. The Bertz CT molecular complexity index is 1080. The molecule has 0 fully saturated rings. The third-order valence-corrected chi connectivity index (χ3v) is 5.42. The van der Waals surface area contributed by atoms with Crippen LogP contribution in [0.4, 0.5) is 4.39 Å². The highest BCUT2D eigenvalue weighted by atomic mass is 19.1. The molecular weight excluding hydrogens is 337 g/mol. The largest absolute Gasteiger partial charge is 0.345 e. The fourth-order valence-electron chi connectivity index (χ4n) is 3.90. The SMILES string of the molecule is FC1c2ccccc2CC1NCc1ccc(-c2ccc3nc[nH]c3c2)cc1. The Balaban J connectivity index is 1.27. The van der Waals surface area contributed by atoms with Crippen molar-refractivity contribution in [2.24, 2.45) is 0 Å². The van der Waals surface area contributed by atoms with Gasteiger partial charge in [-0.15, -0.1) is 0 Å². The number of benzene rings is 3. The Labute approximate surface area is 157 Å². The van der Waals surface area contributed by atoms with Gasteiger partial charge in [0.25, 0.3) is 0 Å². The van der Waals surface area contributed by atoms with Gasteiger partial charge in [-0.25, -0.2) is 9.37 Å². The maximum atomic E-state index is 14.6. The Hall–Kier alpha value is -2.98. The Morgan fingerprint density at radius 1 is 1.00 bits per heavy atom. The van der Waals surface area contributed by atoms with Crippen LogP contribution in [0.15, 0.2) is 73.1 Å². The molecule has 5 rings (SSSR count). The summed E-state index contributed by atoms with van der Waals surface area (Å²) >= 11 is 0. The monoisotopic (exact) mass is 357 g/mol. The van der Waals surface area contributed by atoms with Gasteiger partial charge in [-0.2, -0.15) is 0 Å². The number of H-pyrrole nitrogens is 1. The zero-order chi connectivity index (χ0) is 18.2. The minimum absolute atomic E-state index is 0.148. The molecule has 1 aliphatic rings. The third kappa shape index (κ3) is 3.02. The molecule has 3 nitrogen and oxygen atoms in total. The summed E-state index contributed by atoms with van der Waals surface area (Å²) in [6, 6.07) is 22.3. The smallest absolute Gasteiger partial charge is 0.141 e. The molecule has 0 aliphatic heterocycles. The van der Waals surface area contributed by atoms with Gasteiger partial charge in [-0.1, -0.05) is 54.6 Å². The number of fused-ring (bicyclic) bond motifs is 2. The fourth-order valence-corrected chi connectivity index (χ4v) is 3.90. The van der Waals surface area contributed by atoms with Gasteiger partial charge in [0.2, 0.25) is 0 Å². The lowest BCUT2D eigenvalue weighted by Crippen LogP contribution is -2.30. The second kappa shape index (κ2) is 6.63. The van der Waals surface area contributed by atoms with Gasteiger partial charge in [0, 0.05) is 12.6 Å². The van der Waals surface area contributed by atoms with Crippen molar-refractivity contribution < 1.29 is 4.39 Å². The molecule has 0 spiro atoms. The number of hydrogen-bond donors (Lipinski definition) is 2. The zero-order valence-electron chi connectivity index (χ0n) is 14.8. The van der Waals surface area contributed by atoms with Crippen molar-refractivity contribution in [2.75, 3.05) is 0 Å². The van der Waals surface area contributed by atoms with Crippen LogP contribution in [0, 0.1) is 0 Å². The van der Waals surface area contributed by atoms with E-state index in [4.69, 9.17) is 0 Å². The van der Waals surface area contributed by atoms with Gasteiger partial charge in [-0.05, 0) is 46.4 Å². The van der Waals surface area contributed by atoms with Crippen LogP contribution in [0.3, 0.4) is 0 Å². The molecule has 1 heterocycles. The van der Waals surface area contributed by atoms with E-state index >= 15 is 0 Å². The number of halogens is 1. The minimum Gasteiger partial charge on any atom is -0.345 e. The molecule has 1 aliphatic carbocycles. The van der Waals surface area contributed by atoms with E-state index in [0.29, 0.717) is 6.54 Å². The van der Waals surface area contributed by atoms with E-state index in [-0.39, 0.29) is 6.04 Å². The summed E-state index contributed by atoms with van der Waals surface area (Å²) < 4.78 is 14.6. The average Bonchev–Trinajstić information content (AvgIpc) is 3.31. The molecule has 0 saturated heterocycles. The maximum Gasteiger partial charge on any atom is 0.141 e. The number of hydrogen-bond acceptors (Lipinski definition) is 2. The van der Waals surface area contributed by atoms with Crippen molar-refractivity contribution in [1.82, 2.24) is 15.3 Å². The number of nitrogens with one attached hydrogen (secondary N) is 2. The molecule has 4 heteroatoms. The van der Waals surface area contributed by atoms with E-state index in [2.05, 4.69) is 51.7 Å². The Kier molecular flexibility index (Phi) is 3.98. The molecule has 1 aromatic heterocycles.